The summed E-state index contributed by atoms with van der Waals surface area (Å²) in [6.07, 6.45) is 5.41. The number of piperidine rings is 1. The summed E-state index contributed by atoms with van der Waals surface area (Å²) in [5, 5.41) is 22.6. The fourth-order valence-electron chi connectivity index (χ4n) is 4.78. The maximum Gasteiger partial charge on any atom is 0.258 e. The molecule has 1 saturated heterocycles. The fourth-order valence-corrected chi connectivity index (χ4v) is 5.04. The number of nitrogens with one attached hydrogen (secondary N) is 1. The average Bonchev–Trinajstić information content (AvgIpc) is 3.43. The van der Waals surface area contributed by atoms with Crippen molar-refractivity contribution in [3.8, 4) is 5.88 Å². The number of ether oxygens (including phenoxy) is 1. The monoisotopic (exact) mass is 472 g/mol. The van der Waals surface area contributed by atoms with Crippen molar-refractivity contribution < 1.29 is 19.7 Å². The number of aliphatic hydroxyl groups excluding tert-OH is 2. The first-order chi connectivity index (χ1) is 16.0. The van der Waals surface area contributed by atoms with Crippen molar-refractivity contribution in [2.75, 3.05) is 18.0 Å². The number of nitrogens with zero attached hydrogens (tertiary/aromatic N) is 3. The van der Waals surface area contributed by atoms with E-state index in [1.807, 2.05) is 6.07 Å². The Morgan fingerprint density at radius 1 is 1.21 bits per heavy atom. The van der Waals surface area contributed by atoms with E-state index in [4.69, 9.17) is 16.3 Å². The molecule has 1 amide bonds. The Kier molecular flexibility index (Phi) is 6.40. The summed E-state index contributed by atoms with van der Waals surface area (Å²) in [6, 6.07) is 5.36. The minimum Gasteiger partial charge on any atom is -0.472 e. The van der Waals surface area contributed by atoms with E-state index >= 15 is 0 Å². The van der Waals surface area contributed by atoms with Gasteiger partial charge in [-0.2, -0.15) is 4.98 Å². The van der Waals surface area contributed by atoms with E-state index in [0.29, 0.717) is 34.9 Å². The Bertz CT molecular complexity index is 1020. The lowest BCUT2D eigenvalue weighted by atomic mass is 9.93. The SMILES string of the molecule is O=C(NC1CCC(O)CC1)c1cnc(N2CC3CC3C2)nc1OCc1ccc(CO)c(Cl)c1. The van der Waals surface area contributed by atoms with Gasteiger partial charge in [0.15, 0.2) is 0 Å². The molecule has 1 aromatic heterocycles. The Morgan fingerprint density at radius 2 is 1.97 bits per heavy atom. The van der Waals surface area contributed by atoms with Crippen molar-refractivity contribution in [3.05, 3.63) is 46.1 Å². The maximum atomic E-state index is 13.1. The van der Waals surface area contributed by atoms with Gasteiger partial charge in [-0.1, -0.05) is 23.7 Å². The molecule has 0 bridgehead atoms. The molecule has 2 aliphatic carbocycles. The number of hydrogen-bond donors (Lipinski definition) is 3. The molecule has 33 heavy (non-hydrogen) atoms. The third-order valence-corrected chi connectivity index (χ3v) is 7.29. The van der Waals surface area contributed by atoms with Crippen LogP contribution in [0, 0.1) is 11.8 Å². The van der Waals surface area contributed by atoms with Crippen LogP contribution in [-0.2, 0) is 13.2 Å². The molecule has 176 valence electrons. The van der Waals surface area contributed by atoms with Crippen LogP contribution in [0.4, 0.5) is 5.95 Å². The third kappa shape index (κ3) is 5.08. The molecule has 2 heterocycles. The summed E-state index contributed by atoms with van der Waals surface area (Å²) < 4.78 is 6.02. The molecule has 2 saturated carbocycles. The molecular weight excluding hydrogens is 444 g/mol. The third-order valence-electron chi connectivity index (χ3n) is 6.94. The van der Waals surface area contributed by atoms with Gasteiger partial charge < -0.3 is 25.2 Å². The molecule has 2 atom stereocenters. The van der Waals surface area contributed by atoms with Gasteiger partial charge in [0, 0.05) is 30.4 Å². The molecule has 1 aliphatic heterocycles. The van der Waals surface area contributed by atoms with Crippen LogP contribution >= 0.6 is 11.6 Å². The number of carbonyl (C=O) groups is 1. The quantitative estimate of drug-likeness (QED) is 0.568. The van der Waals surface area contributed by atoms with E-state index in [1.165, 1.54) is 6.42 Å². The molecule has 3 aliphatic rings. The van der Waals surface area contributed by atoms with Crippen molar-refractivity contribution >= 4 is 23.5 Å². The van der Waals surface area contributed by atoms with E-state index < -0.39 is 0 Å². The van der Waals surface area contributed by atoms with Crippen LogP contribution in [0.2, 0.25) is 5.02 Å². The molecule has 3 N–H and O–H groups in total. The number of carbonyl (C=O) groups excluding carboxylic acids is 1. The number of aliphatic hydroxyl groups is 2. The Labute approximate surface area is 197 Å². The number of anilines is 1. The highest BCUT2D eigenvalue weighted by atomic mass is 35.5. The number of rotatable bonds is 7. The van der Waals surface area contributed by atoms with Gasteiger partial charge >= 0.3 is 0 Å². The summed E-state index contributed by atoms with van der Waals surface area (Å²) >= 11 is 6.21. The molecule has 2 unspecified atom stereocenters. The maximum absolute atomic E-state index is 13.1. The van der Waals surface area contributed by atoms with Crippen LogP contribution in [0.3, 0.4) is 0 Å². The van der Waals surface area contributed by atoms with Crippen LogP contribution in [-0.4, -0.2) is 51.3 Å². The lowest BCUT2D eigenvalue weighted by Crippen LogP contribution is -2.39. The number of benzene rings is 1. The molecule has 2 aromatic rings. The van der Waals surface area contributed by atoms with Gasteiger partial charge in [0.05, 0.1) is 12.7 Å². The lowest BCUT2D eigenvalue weighted by molar-refractivity contribution is 0.0862. The van der Waals surface area contributed by atoms with Gasteiger partial charge in [-0.15, -0.1) is 0 Å². The Morgan fingerprint density at radius 3 is 2.67 bits per heavy atom. The summed E-state index contributed by atoms with van der Waals surface area (Å²) in [7, 11) is 0. The molecule has 0 spiro atoms. The van der Waals surface area contributed by atoms with Gasteiger partial charge in [0.2, 0.25) is 11.8 Å². The number of halogens is 1. The smallest absolute Gasteiger partial charge is 0.258 e. The standard InChI is InChI=1S/C24H29ClN4O4/c25-21-7-14(1-2-15(21)12-30)13-33-23-20(22(32)27-18-3-5-19(31)6-4-18)9-26-24(28-23)29-10-16-8-17(16)11-29/h1-2,7,9,16-19,30-31H,3-6,8,10-13H2,(H,27,32). The van der Waals surface area contributed by atoms with Crippen molar-refractivity contribution in [1.82, 2.24) is 15.3 Å². The van der Waals surface area contributed by atoms with Crippen molar-refractivity contribution in [2.24, 2.45) is 11.8 Å². The first kappa shape index (κ1) is 22.4. The molecule has 9 heteroatoms. The molecular formula is C24H29ClN4O4. The Hall–Kier alpha value is -2.42. The summed E-state index contributed by atoms with van der Waals surface area (Å²) in [5.74, 6) is 2.03. The first-order valence-corrected chi connectivity index (χ1v) is 12.0. The highest BCUT2D eigenvalue weighted by Crippen LogP contribution is 2.45. The van der Waals surface area contributed by atoms with Gasteiger partial charge in [-0.05, 0) is 61.1 Å². The minimum atomic E-state index is -0.282. The topological polar surface area (TPSA) is 108 Å². The van der Waals surface area contributed by atoms with Gasteiger partial charge in [0.1, 0.15) is 12.2 Å². The van der Waals surface area contributed by atoms with Gasteiger partial charge in [0.25, 0.3) is 5.91 Å². The first-order valence-electron chi connectivity index (χ1n) is 11.6. The second-order valence-corrected chi connectivity index (χ2v) is 9.81. The summed E-state index contributed by atoms with van der Waals surface area (Å²) in [5.41, 5.74) is 1.76. The van der Waals surface area contributed by atoms with Crippen LogP contribution in [0.25, 0.3) is 0 Å². The fraction of sp³-hybridized carbons (Fsp3) is 0.542. The van der Waals surface area contributed by atoms with Crippen molar-refractivity contribution in [3.63, 3.8) is 0 Å². The van der Waals surface area contributed by atoms with Gasteiger partial charge in [-0.25, -0.2) is 4.98 Å². The van der Waals surface area contributed by atoms with Gasteiger partial charge in [-0.3, -0.25) is 4.79 Å². The molecule has 5 rings (SSSR count). The van der Waals surface area contributed by atoms with Crippen molar-refractivity contribution in [1.29, 1.82) is 0 Å². The van der Waals surface area contributed by atoms with Crippen molar-refractivity contribution in [2.45, 2.75) is 57.5 Å². The van der Waals surface area contributed by atoms with E-state index in [-0.39, 0.29) is 37.1 Å². The number of hydrogen-bond acceptors (Lipinski definition) is 7. The predicted octanol–water partition coefficient (Wildman–Crippen LogP) is 2.69. The highest BCUT2D eigenvalue weighted by molar-refractivity contribution is 6.31. The van der Waals surface area contributed by atoms with E-state index in [9.17, 15) is 15.0 Å². The zero-order chi connectivity index (χ0) is 22.9. The summed E-state index contributed by atoms with van der Waals surface area (Å²) in [6.45, 7) is 1.94. The van der Waals surface area contributed by atoms with E-state index in [2.05, 4.69) is 20.2 Å². The van der Waals surface area contributed by atoms with E-state index in [1.54, 1.807) is 18.3 Å². The molecule has 3 fully saturated rings. The second kappa shape index (κ2) is 9.44. The molecule has 0 radical (unpaired) electrons. The largest absolute Gasteiger partial charge is 0.472 e. The lowest BCUT2D eigenvalue weighted by Gasteiger charge is -2.26. The number of aromatic nitrogens is 2. The molecule has 8 nitrogen and oxygen atoms in total. The zero-order valence-electron chi connectivity index (χ0n) is 18.4. The van der Waals surface area contributed by atoms with Crippen LogP contribution in [0.15, 0.2) is 24.4 Å². The minimum absolute atomic E-state index is 0.0175. The van der Waals surface area contributed by atoms with E-state index in [0.717, 1.165) is 43.3 Å². The summed E-state index contributed by atoms with van der Waals surface area (Å²) in [4.78, 5) is 24.3. The van der Waals surface area contributed by atoms with Crippen LogP contribution < -0.4 is 15.0 Å². The van der Waals surface area contributed by atoms with Crippen LogP contribution in [0.1, 0.15) is 53.6 Å². The van der Waals surface area contributed by atoms with Crippen LogP contribution in [0.5, 0.6) is 5.88 Å². The number of fused-ring (bicyclic) bond motifs is 1. The normalized spacial score (nSPS) is 26.1. The predicted molar refractivity (Wildman–Crippen MR) is 123 cm³/mol. The highest BCUT2D eigenvalue weighted by Gasteiger charge is 2.46. The molecule has 1 aromatic carbocycles. The zero-order valence-corrected chi connectivity index (χ0v) is 19.2. The Balaban J connectivity index is 1.34. The number of amides is 1. The average molecular weight is 473 g/mol. The second-order valence-electron chi connectivity index (χ2n) is 9.40.